The summed E-state index contributed by atoms with van der Waals surface area (Å²) in [6.45, 7) is 5.47. The minimum absolute atomic E-state index is 0.0583. The van der Waals surface area contributed by atoms with E-state index in [2.05, 4.69) is 10.3 Å². The molecule has 0 saturated heterocycles. The van der Waals surface area contributed by atoms with Gasteiger partial charge in [0.05, 0.1) is 11.4 Å². The maximum Gasteiger partial charge on any atom is 0.232 e. The van der Waals surface area contributed by atoms with Crippen molar-refractivity contribution in [2.75, 3.05) is 25.5 Å². The Morgan fingerprint density at radius 1 is 1.35 bits per heavy atom. The van der Waals surface area contributed by atoms with Crippen molar-refractivity contribution in [2.24, 2.45) is 0 Å². The van der Waals surface area contributed by atoms with Crippen LogP contribution in [0.2, 0.25) is 5.02 Å². The van der Waals surface area contributed by atoms with E-state index in [1.807, 2.05) is 19.1 Å². The van der Waals surface area contributed by atoms with Gasteiger partial charge in [-0.05, 0) is 44.5 Å². The van der Waals surface area contributed by atoms with Crippen LogP contribution in [-0.2, 0) is 26.1 Å². The van der Waals surface area contributed by atoms with Crippen LogP contribution in [0, 0.1) is 6.92 Å². The molecular formula is C18H23ClN2O4S. The lowest BCUT2D eigenvalue weighted by Crippen LogP contribution is -2.30. The third-order valence-electron chi connectivity index (χ3n) is 3.57. The van der Waals surface area contributed by atoms with E-state index in [9.17, 15) is 9.00 Å². The number of hydrogen-bond acceptors (Lipinski definition) is 5. The molecule has 0 fully saturated rings. The molecule has 0 aliphatic rings. The summed E-state index contributed by atoms with van der Waals surface area (Å²) in [6.07, 6.45) is 0.735. The van der Waals surface area contributed by atoms with Crippen molar-refractivity contribution >= 4 is 28.3 Å². The summed E-state index contributed by atoms with van der Waals surface area (Å²) in [4.78, 5) is 16.2. The number of ether oxygens (including phenoxy) is 1. The minimum Gasteiger partial charge on any atom is -0.441 e. The highest BCUT2D eigenvalue weighted by molar-refractivity contribution is 7.84. The van der Waals surface area contributed by atoms with Gasteiger partial charge in [0, 0.05) is 41.1 Å². The van der Waals surface area contributed by atoms with E-state index < -0.39 is 10.8 Å². The highest BCUT2D eigenvalue weighted by atomic mass is 35.5. The second kappa shape index (κ2) is 10.4. The van der Waals surface area contributed by atoms with Gasteiger partial charge in [-0.3, -0.25) is 9.00 Å². The Kier molecular flexibility index (Phi) is 8.28. The summed E-state index contributed by atoms with van der Waals surface area (Å²) in [7, 11) is -1.35. The van der Waals surface area contributed by atoms with E-state index in [4.69, 9.17) is 20.8 Å². The zero-order chi connectivity index (χ0) is 18.9. The average Bonchev–Trinajstić information content (AvgIpc) is 2.95. The smallest absolute Gasteiger partial charge is 0.232 e. The molecule has 1 N–H and O–H groups in total. The van der Waals surface area contributed by atoms with Crippen LogP contribution in [0.4, 0.5) is 0 Å². The highest BCUT2D eigenvalue weighted by Crippen LogP contribution is 2.23. The van der Waals surface area contributed by atoms with Crippen molar-refractivity contribution < 1.29 is 18.2 Å². The lowest BCUT2D eigenvalue weighted by Gasteiger charge is -2.05. The molecule has 0 bridgehead atoms. The third kappa shape index (κ3) is 6.55. The SMILES string of the molecule is CCOCCCNC(=O)CS(=O)Cc1nc(-c2ccc(Cl)cc2)oc1C. The molecule has 1 atom stereocenters. The Morgan fingerprint density at radius 2 is 2.08 bits per heavy atom. The first kappa shape index (κ1) is 20.6. The van der Waals surface area contributed by atoms with Crippen molar-refractivity contribution in [3.63, 3.8) is 0 Å². The number of benzene rings is 1. The van der Waals surface area contributed by atoms with Crippen LogP contribution in [-0.4, -0.2) is 40.6 Å². The predicted octanol–water partition coefficient (Wildman–Crippen LogP) is 3.09. The molecule has 2 aromatic rings. The molecule has 0 aliphatic heterocycles. The molecule has 142 valence electrons. The number of oxazole rings is 1. The van der Waals surface area contributed by atoms with Crippen LogP contribution < -0.4 is 5.32 Å². The second-order valence-electron chi connectivity index (χ2n) is 5.66. The van der Waals surface area contributed by atoms with Gasteiger partial charge in [0.15, 0.2) is 0 Å². The van der Waals surface area contributed by atoms with Gasteiger partial charge in [-0.15, -0.1) is 0 Å². The molecule has 1 aromatic heterocycles. The maximum atomic E-state index is 12.2. The summed E-state index contributed by atoms with van der Waals surface area (Å²) >= 11 is 5.88. The van der Waals surface area contributed by atoms with Gasteiger partial charge >= 0.3 is 0 Å². The van der Waals surface area contributed by atoms with Gasteiger partial charge in [0.1, 0.15) is 11.5 Å². The van der Waals surface area contributed by atoms with E-state index in [1.165, 1.54) is 0 Å². The number of hydrogen-bond donors (Lipinski definition) is 1. The van der Waals surface area contributed by atoms with Crippen molar-refractivity contribution in [2.45, 2.75) is 26.0 Å². The number of rotatable bonds is 10. The monoisotopic (exact) mass is 398 g/mol. The fourth-order valence-corrected chi connectivity index (χ4v) is 3.42. The first-order valence-electron chi connectivity index (χ1n) is 8.41. The quantitative estimate of drug-likeness (QED) is 0.622. The van der Waals surface area contributed by atoms with Crippen LogP contribution in [0.5, 0.6) is 0 Å². The lowest BCUT2D eigenvalue weighted by atomic mass is 10.2. The summed E-state index contributed by atoms with van der Waals surface area (Å²) in [6, 6.07) is 7.13. The number of halogens is 1. The van der Waals surface area contributed by atoms with E-state index in [1.54, 1.807) is 19.1 Å². The first-order chi connectivity index (χ1) is 12.5. The molecule has 1 aromatic carbocycles. The molecule has 0 radical (unpaired) electrons. The summed E-state index contributed by atoms with van der Waals surface area (Å²) in [5, 5.41) is 3.37. The van der Waals surface area contributed by atoms with E-state index >= 15 is 0 Å². The molecule has 1 amide bonds. The molecule has 0 spiro atoms. The van der Waals surface area contributed by atoms with Crippen molar-refractivity contribution in [1.29, 1.82) is 0 Å². The van der Waals surface area contributed by atoms with Gasteiger partial charge in [0.2, 0.25) is 11.8 Å². The number of aryl methyl sites for hydroxylation is 1. The Balaban J connectivity index is 1.85. The number of nitrogens with one attached hydrogen (secondary N) is 1. The van der Waals surface area contributed by atoms with Gasteiger partial charge < -0.3 is 14.5 Å². The molecule has 1 unspecified atom stereocenters. The average molecular weight is 399 g/mol. The van der Waals surface area contributed by atoms with Gasteiger partial charge in [-0.2, -0.15) is 0 Å². The molecular weight excluding hydrogens is 376 g/mol. The predicted molar refractivity (Wildman–Crippen MR) is 103 cm³/mol. The lowest BCUT2D eigenvalue weighted by molar-refractivity contribution is -0.118. The first-order valence-corrected chi connectivity index (χ1v) is 10.3. The number of nitrogens with zero attached hydrogens (tertiary/aromatic N) is 1. The van der Waals surface area contributed by atoms with Crippen LogP contribution in [0.3, 0.4) is 0 Å². The largest absolute Gasteiger partial charge is 0.441 e. The summed E-state index contributed by atoms with van der Waals surface area (Å²) < 4.78 is 23.1. The van der Waals surface area contributed by atoms with Crippen LogP contribution in [0.1, 0.15) is 24.8 Å². The van der Waals surface area contributed by atoms with E-state index in [-0.39, 0.29) is 17.4 Å². The molecule has 0 aliphatic carbocycles. The van der Waals surface area contributed by atoms with Crippen LogP contribution >= 0.6 is 11.6 Å². The van der Waals surface area contributed by atoms with Gasteiger partial charge in [-0.25, -0.2) is 4.98 Å². The normalized spacial score (nSPS) is 12.1. The number of aromatic nitrogens is 1. The van der Waals surface area contributed by atoms with Crippen molar-refractivity contribution in [3.8, 4) is 11.5 Å². The Morgan fingerprint density at radius 3 is 2.77 bits per heavy atom. The molecule has 1 heterocycles. The molecule has 8 heteroatoms. The zero-order valence-corrected chi connectivity index (χ0v) is 16.5. The van der Waals surface area contributed by atoms with E-state index in [0.717, 1.165) is 12.0 Å². The number of amides is 1. The second-order valence-corrected chi connectivity index (χ2v) is 7.55. The van der Waals surface area contributed by atoms with Crippen LogP contribution in [0.15, 0.2) is 28.7 Å². The zero-order valence-electron chi connectivity index (χ0n) is 14.9. The Bertz CT molecular complexity index is 746. The number of carbonyl (C=O) groups excluding carboxylic acids is 1. The highest BCUT2D eigenvalue weighted by Gasteiger charge is 2.16. The Hall–Kier alpha value is -1.70. The minimum atomic E-state index is -1.35. The molecule has 2 rings (SSSR count). The topological polar surface area (TPSA) is 81.4 Å². The summed E-state index contributed by atoms with van der Waals surface area (Å²) in [5.74, 6) is 0.929. The molecule has 6 nitrogen and oxygen atoms in total. The van der Waals surface area contributed by atoms with E-state index in [0.29, 0.717) is 42.1 Å². The van der Waals surface area contributed by atoms with Gasteiger partial charge in [0.25, 0.3) is 0 Å². The summed E-state index contributed by atoms with van der Waals surface area (Å²) in [5.41, 5.74) is 1.39. The maximum absolute atomic E-state index is 12.2. The molecule has 0 saturated carbocycles. The molecule has 26 heavy (non-hydrogen) atoms. The Labute approximate surface area is 160 Å². The fourth-order valence-electron chi connectivity index (χ4n) is 2.23. The van der Waals surface area contributed by atoms with Gasteiger partial charge in [-0.1, -0.05) is 11.6 Å². The van der Waals surface area contributed by atoms with Crippen LogP contribution in [0.25, 0.3) is 11.5 Å². The standard InChI is InChI=1S/C18H23ClN2O4S/c1-3-24-10-4-9-20-17(22)12-26(23)11-16-13(2)25-18(21-16)14-5-7-15(19)8-6-14/h5-8H,3-4,9-12H2,1-2H3,(H,20,22). The van der Waals surface area contributed by atoms with Crippen molar-refractivity contribution in [1.82, 2.24) is 10.3 Å². The van der Waals surface area contributed by atoms with Crippen molar-refractivity contribution in [3.05, 3.63) is 40.7 Å². The number of carbonyl (C=O) groups is 1. The third-order valence-corrected chi connectivity index (χ3v) is 5.00. The fraction of sp³-hybridized carbons (Fsp3) is 0.444.